The highest BCUT2D eigenvalue weighted by molar-refractivity contribution is 5.91. The molecule has 0 aliphatic carbocycles. The zero-order valence-corrected chi connectivity index (χ0v) is 8.71. The molecule has 0 aliphatic rings. The molecule has 0 fully saturated rings. The van der Waals surface area contributed by atoms with Gasteiger partial charge in [0.2, 0.25) is 0 Å². The zero-order chi connectivity index (χ0) is 12.9. The second-order valence-corrected chi connectivity index (χ2v) is 2.95. The Labute approximate surface area is 93.6 Å². The number of methoxy groups -OCH3 is 1. The average Bonchev–Trinajstić information content (AvgIpc) is 2.65. The summed E-state index contributed by atoms with van der Waals surface area (Å²) in [5.41, 5.74) is 1.39. The third-order valence-corrected chi connectivity index (χ3v) is 1.48. The van der Waals surface area contributed by atoms with Crippen molar-refractivity contribution in [2.45, 2.75) is 12.8 Å². The maximum Gasteiger partial charge on any atom is 0.414 e. The van der Waals surface area contributed by atoms with Crippen LogP contribution in [0.3, 0.4) is 0 Å². The smallest absolute Gasteiger partial charge is 0.377 e. The second kappa shape index (κ2) is 5.64. The Kier molecular flexibility index (Phi) is 4.46. The van der Waals surface area contributed by atoms with E-state index in [1.807, 2.05) is 0 Å². The van der Waals surface area contributed by atoms with Gasteiger partial charge in [-0.25, -0.2) is 5.48 Å². The van der Waals surface area contributed by atoms with E-state index in [1.54, 1.807) is 5.48 Å². The van der Waals surface area contributed by atoms with Crippen LogP contribution in [0.5, 0.6) is 0 Å². The Morgan fingerprint density at radius 3 is 2.88 bits per heavy atom. The Balaban J connectivity index is 2.41. The minimum atomic E-state index is -4.52. The van der Waals surface area contributed by atoms with E-state index in [4.69, 9.17) is 4.74 Å². The minimum Gasteiger partial charge on any atom is -0.377 e. The molecule has 1 amide bonds. The van der Waals surface area contributed by atoms with E-state index < -0.39 is 18.7 Å². The molecule has 0 unspecified atom stereocenters. The molecule has 1 rings (SSSR count). The van der Waals surface area contributed by atoms with Crippen molar-refractivity contribution in [3.8, 4) is 0 Å². The number of ether oxygens (including phenoxy) is 1. The standard InChI is InChI=1S/C8H9F3N2O4/c1-15-3-5-2-6(12-17-5)7(14)13-16-4-8(9,10)11/h2H,3-4H2,1H3,(H,13,14). The molecule has 96 valence electrons. The lowest BCUT2D eigenvalue weighted by Gasteiger charge is -2.06. The number of alkyl halides is 3. The number of rotatable bonds is 5. The lowest BCUT2D eigenvalue weighted by atomic mass is 10.3. The van der Waals surface area contributed by atoms with Crippen LogP contribution in [-0.2, 0) is 16.2 Å². The van der Waals surface area contributed by atoms with Gasteiger partial charge in [0.25, 0.3) is 5.91 Å². The largest absolute Gasteiger partial charge is 0.414 e. The number of hydrogen-bond acceptors (Lipinski definition) is 5. The molecule has 0 saturated heterocycles. The van der Waals surface area contributed by atoms with Crippen LogP contribution in [0.4, 0.5) is 13.2 Å². The molecule has 0 atom stereocenters. The van der Waals surface area contributed by atoms with E-state index in [1.165, 1.54) is 13.2 Å². The van der Waals surface area contributed by atoms with E-state index >= 15 is 0 Å². The van der Waals surface area contributed by atoms with E-state index in [9.17, 15) is 18.0 Å². The Bertz CT molecular complexity index is 377. The van der Waals surface area contributed by atoms with Gasteiger partial charge in [-0.2, -0.15) is 13.2 Å². The van der Waals surface area contributed by atoms with Crippen molar-refractivity contribution >= 4 is 5.91 Å². The molecule has 0 aliphatic heterocycles. The van der Waals surface area contributed by atoms with E-state index in [2.05, 4.69) is 14.5 Å². The van der Waals surface area contributed by atoms with Crippen LogP contribution in [0.25, 0.3) is 0 Å². The molecule has 1 heterocycles. The molecule has 6 nitrogen and oxygen atoms in total. The summed E-state index contributed by atoms with van der Waals surface area (Å²) in [6.07, 6.45) is -4.52. The Morgan fingerprint density at radius 2 is 2.29 bits per heavy atom. The number of nitrogens with zero attached hydrogens (tertiary/aromatic N) is 1. The van der Waals surface area contributed by atoms with Gasteiger partial charge in [-0.3, -0.25) is 9.63 Å². The summed E-state index contributed by atoms with van der Waals surface area (Å²) in [6.45, 7) is -1.48. The molecular weight excluding hydrogens is 245 g/mol. The topological polar surface area (TPSA) is 73.6 Å². The van der Waals surface area contributed by atoms with Gasteiger partial charge >= 0.3 is 6.18 Å². The number of carbonyl (C=O) groups is 1. The first kappa shape index (κ1) is 13.5. The Hall–Kier alpha value is -1.61. The van der Waals surface area contributed by atoms with Crippen molar-refractivity contribution in [1.82, 2.24) is 10.6 Å². The first-order chi connectivity index (χ1) is 7.92. The van der Waals surface area contributed by atoms with Crippen LogP contribution >= 0.6 is 0 Å². The summed E-state index contributed by atoms with van der Waals surface area (Å²) < 4.78 is 44.4. The molecule has 0 spiro atoms. The lowest BCUT2D eigenvalue weighted by molar-refractivity contribution is -0.184. The third kappa shape index (κ3) is 4.83. The summed E-state index contributed by atoms with van der Waals surface area (Å²) in [5, 5.41) is 3.32. The van der Waals surface area contributed by atoms with Gasteiger partial charge in [-0.1, -0.05) is 5.16 Å². The minimum absolute atomic E-state index is 0.101. The second-order valence-electron chi connectivity index (χ2n) is 2.95. The molecule has 0 saturated carbocycles. The van der Waals surface area contributed by atoms with Gasteiger partial charge in [0, 0.05) is 13.2 Å². The molecule has 0 bridgehead atoms. The molecular formula is C8H9F3N2O4. The monoisotopic (exact) mass is 254 g/mol. The van der Waals surface area contributed by atoms with Crippen LogP contribution in [-0.4, -0.2) is 31.0 Å². The van der Waals surface area contributed by atoms with Crippen molar-refractivity contribution in [3.63, 3.8) is 0 Å². The fourth-order valence-corrected chi connectivity index (χ4v) is 0.866. The summed E-state index contributed by atoms with van der Waals surface area (Å²) >= 11 is 0. The van der Waals surface area contributed by atoms with Crippen molar-refractivity contribution in [2.24, 2.45) is 0 Å². The summed E-state index contributed by atoms with van der Waals surface area (Å²) in [5.74, 6) is -0.658. The van der Waals surface area contributed by atoms with Crippen LogP contribution in [0.2, 0.25) is 0 Å². The average molecular weight is 254 g/mol. The highest BCUT2D eigenvalue weighted by Crippen LogP contribution is 2.13. The van der Waals surface area contributed by atoms with Gasteiger partial charge in [-0.15, -0.1) is 0 Å². The zero-order valence-electron chi connectivity index (χ0n) is 8.71. The molecule has 17 heavy (non-hydrogen) atoms. The molecule has 0 aromatic carbocycles. The molecule has 0 radical (unpaired) electrons. The first-order valence-corrected chi connectivity index (χ1v) is 4.36. The highest BCUT2D eigenvalue weighted by Gasteiger charge is 2.28. The fourth-order valence-electron chi connectivity index (χ4n) is 0.866. The number of amides is 1. The summed E-state index contributed by atoms with van der Waals surface area (Å²) in [7, 11) is 1.41. The van der Waals surface area contributed by atoms with Crippen LogP contribution in [0, 0.1) is 0 Å². The quantitative estimate of drug-likeness (QED) is 0.795. The maximum atomic E-state index is 11.7. The van der Waals surface area contributed by atoms with Crippen molar-refractivity contribution in [2.75, 3.05) is 13.7 Å². The van der Waals surface area contributed by atoms with Crippen molar-refractivity contribution in [1.29, 1.82) is 0 Å². The number of halogens is 3. The highest BCUT2D eigenvalue weighted by atomic mass is 19.4. The van der Waals surface area contributed by atoms with E-state index in [0.29, 0.717) is 0 Å². The summed E-state index contributed by atoms with van der Waals surface area (Å²) in [6, 6.07) is 1.23. The number of aromatic nitrogens is 1. The predicted octanol–water partition coefficient (Wildman–Crippen LogP) is 1.04. The normalized spacial score (nSPS) is 11.5. The van der Waals surface area contributed by atoms with E-state index in [-0.39, 0.29) is 18.1 Å². The van der Waals surface area contributed by atoms with Gasteiger partial charge < -0.3 is 9.26 Å². The number of hydroxylamine groups is 1. The van der Waals surface area contributed by atoms with Gasteiger partial charge in [-0.05, 0) is 0 Å². The predicted molar refractivity (Wildman–Crippen MR) is 46.7 cm³/mol. The third-order valence-electron chi connectivity index (χ3n) is 1.48. The van der Waals surface area contributed by atoms with Crippen molar-refractivity contribution < 1.29 is 32.1 Å². The number of hydrogen-bond donors (Lipinski definition) is 1. The first-order valence-electron chi connectivity index (χ1n) is 4.36. The molecule has 9 heteroatoms. The van der Waals surface area contributed by atoms with Crippen LogP contribution < -0.4 is 5.48 Å². The van der Waals surface area contributed by atoms with E-state index in [0.717, 1.165) is 0 Å². The number of nitrogens with one attached hydrogen (secondary N) is 1. The summed E-state index contributed by atoms with van der Waals surface area (Å²) in [4.78, 5) is 15.1. The molecule has 1 aromatic rings. The Morgan fingerprint density at radius 1 is 1.59 bits per heavy atom. The van der Waals surface area contributed by atoms with Crippen LogP contribution in [0.1, 0.15) is 16.2 Å². The van der Waals surface area contributed by atoms with Gasteiger partial charge in [0.1, 0.15) is 6.61 Å². The fraction of sp³-hybridized carbons (Fsp3) is 0.500. The lowest BCUT2D eigenvalue weighted by Crippen LogP contribution is -2.29. The van der Waals surface area contributed by atoms with Gasteiger partial charge in [0.15, 0.2) is 18.1 Å². The molecule has 1 N–H and O–H groups in total. The number of carbonyl (C=O) groups excluding carboxylic acids is 1. The van der Waals surface area contributed by atoms with Crippen LogP contribution in [0.15, 0.2) is 10.6 Å². The molecule has 1 aromatic heterocycles. The van der Waals surface area contributed by atoms with Crippen molar-refractivity contribution in [3.05, 3.63) is 17.5 Å². The maximum absolute atomic E-state index is 11.7. The SMILES string of the molecule is COCc1cc(C(=O)NOCC(F)(F)F)no1. The van der Waals surface area contributed by atoms with Gasteiger partial charge in [0.05, 0.1) is 0 Å².